The molecule has 0 bridgehead atoms. The predicted molar refractivity (Wildman–Crippen MR) is 499 cm³/mol. The van der Waals surface area contributed by atoms with Gasteiger partial charge < -0.3 is 98.8 Å². The third kappa shape index (κ3) is 30.6. The van der Waals surface area contributed by atoms with Crippen LogP contribution >= 0.6 is 90.1 Å². The monoisotopic (exact) mass is 2000 g/mol. The Hall–Kier alpha value is -6.22. The number of carbonyl (C=O) groups excluding carboxylic acids is 1. The number of hydrogen-bond donors (Lipinski definition) is 13. The summed E-state index contributed by atoms with van der Waals surface area (Å²) >= 11 is 0. The second kappa shape index (κ2) is 46.1. The van der Waals surface area contributed by atoms with E-state index >= 15 is 0 Å². The molecular weight excluding hydrogens is 1890 g/mol. The number of aromatic nitrogens is 6. The number of rotatable bonds is 46. The number of phosphoric ester groups is 2. The van der Waals surface area contributed by atoms with Crippen molar-refractivity contribution in [1.82, 2.24) is 29.1 Å². The van der Waals surface area contributed by atoms with Crippen molar-refractivity contribution in [3.63, 3.8) is 0 Å². The molecule has 0 radical (unpaired) electrons. The molecule has 16 N–H and O–H groups in total. The average Bonchev–Trinajstić information content (AvgIpc) is 1.60. The van der Waals surface area contributed by atoms with Crippen LogP contribution in [0.2, 0.25) is 0 Å². The number of hydrogen-bond acceptors (Lipinski definition) is 31. The smallest absolute Gasteiger partial charge is 0.371 e. The van der Waals surface area contributed by atoms with Crippen molar-refractivity contribution in [3.8, 4) is 23.7 Å². The first-order valence-electron chi connectivity index (χ1n) is 40.6. The number of nitrogens with zero attached hydrogens (tertiary/aromatic N) is 6. The molecule has 0 spiro atoms. The number of unbranched alkanes of at least 4 members (excludes halogenated alkanes) is 2. The van der Waals surface area contributed by atoms with Crippen molar-refractivity contribution >= 4 is 147 Å². The number of Topliss-reactive ketones (excluding diaryl/α,β-unsaturated/α-hetero) is 1. The van der Waals surface area contributed by atoms with Gasteiger partial charge in [-0.3, -0.25) is 33.4 Å². The fourth-order valence-electron chi connectivity index (χ4n) is 14.5. The summed E-state index contributed by atoms with van der Waals surface area (Å²) in [5.74, 6) is 12.2. The van der Waals surface area contributed by atoms with Gasteiger partial charge in [0.05, 0.1) is 65.9 Å². The fraction of sp³-hybridized carbons (Fsp3) is 0.500. The van der Waals surface area contributed by atoms with Gasteiger partial charge in [0, 0.05) is 102 Å². The van der Waals surface area contributed by atoms with E-state index in [1.54, 1.807) is 21.6 Å². The summed E-state index contributed by atoms with van der Waals surface area (Å²) < 4.78 is 135. The third-order valence-corrected chi connectivity index (χ3v) is 34.1. The molecular formula is C80H112N11O29P6S4+. The van der Waals surface area contributed by atoms with Crippen molar-refractivity contribution in [2.24, 2.45) is 5.73 Å². The van der Waals surface area contributed by atoms with Gasteiger partial charge in [0.15, 0.2) is 17.0 Å². The summed E-state index contributed by atoms with van der Waals surface area (Å²) in [4.78, 5) is 129. The number of anilines is 3. The first-order chi connectivity index (χ1) is 60.8. The van der Waals surface area contributed by atoms with Crippen molar-refractivity contribution in [1.29, 1.82) is 0 Å². The number of aromatic amines is 2. The highest BCUT2D eigenvalue weighted by Crippen LogP contribution is 2.68. The highest BCUT2D eigenvalue weighted by atomic mass is 33.1. The van der Waals surface area contributed by atoms with Gasteiger partial charge in [0.2, 0.25) is 17.6 Å². The van der Waals surface area contributed by atoms with Gasteiger partial charge in [-0.25, -0.2) is 27.4 Å². The molecule has 50 heteroatoms. The number of allylic oxidation sites excluding steroid dienone is 6. The maximum atomic E-state index is 13.2. The lowest BCUT2D eigenvalue weighted by atomic mass is 9.81. The van der Waals surface area contributed by atoms with Crippen LogP contribution in [0, 0.1) is 37.5 Å². The molecule has 6 aromatic rings. The molecule has 4 aliphatic heterocycles. The van der Waals surface area contributed by atoms with Crippen LogP contribution in [0.15, 0.2) is 120 Å². The highest BCUT2D eigenvalue weighted by Gasteiger charge is 2.48. The quantitative estimate of drug-likeness (QED) is 0.00247. The Kier molecular flexibility index (Phi) is 38.1. The minimum Gasteiger partial charge on any atom is -0.371 e. The molecule has 2 saturated heterocycles. The van der Waals surface area contributed by atoms with E-state index in [-0.39, 0.29) is 110 Å². The van der Waals surface area contributed by atoms with Crippen molar-refractivity contribution < 1.29 is 131 Å². The molecule has 2 aromatic carbocycles. The number of likely N-dealkylation sites (N-methyl/N-ethyl adjacent to an activating group) is 1. The molecule has 0 saturated carbocycles. The number of nitrogens with two attached hydrogens (primary N) is 3. The SMILES string of the molecule is C=CCOC1C[C@H](n2cc(C#CCOCSSC(C)(C)CCC(=O)CCCCC[N+]3=C(/C=C/C=C/C=C4/N(CC)c5ccc(C)cc5C4(C)C)C(C)(C)c4cc(C)ccc43)c3c(=O)[nH]c(N)nc32)O[C@@H]1COP(=O)(O)OP(=O)(O)OP(=O)(O)O.C=CCOC1C[C@H](n2cc(C#CCOCSSC(C)(C)CN)c3c(=O)[nH]c(N)nc32)O[C@@H]1COP(=O)(O)OP(=O)(O)OP(=O)(O)O. The summed E-state index contributed by atoms with van der Waals surface area (Å²) in [7, 11) is -27.4. The van der Waals surface area contributed by atoms with Gasteiger partial charge in [-0.1, -0.05) is 140 Å². The van der Waals surface area contributed by atoms with E-state index in [4.69, 9.17) is 74.2 Å². The van der Waals surface area contributed by atoms with Gasteiger partial charge in [0.25, 0.3) is 11.1 Å². The number of ether oxygens (including phenoxy) is 6. The second-order valence-corrected chi connectivity index (χ2v) is 47.1. The number of phosphoric acid groups is 6. The zero-order chi connectivity index (χ0) is 95.8. The number of nitrogen functional groups attached to an aromatic ring is 2. The Bertz CT molecular complexity index is 5810. The highest BCUT2D eigenvalue weighted by molar-refractivity contribution is 8.77. The number of ketones is 1. The molecule has 10 rings (SSSR count). The molecule has 2 fully saturated rings. The Morgan fingerprint density at radius 2 is 1.14 bits per heavy atom. The Balaban J connectivity index is 0.000000349. The molecule has 6 unspecified atom stereocenters. The van der Waals surface area contributed by atoms with Crippen LogP contribution in [0.25, 0.3) is 22.1 Å². The molecule has 130 heavy (non-hydrogen) atoms. The van der Waals surface area contributed by atoms with Crippen molar-refractivity contribution in [2.45, 2.75) is 185 Å². The average molecular weight is 2010 g/mol. The van der Waals surface area contributed by atoms with E-state index in [2.05, 4.69) is 213 Å². The van der Waals surface area contributed by atoms with Crippen LogP contribution in [0.4, 0.5) is 23.3 Å². The summed E-state index contributed by atoms with van der Waals surface area (Å²) in [5, 5.41) is 0.206. The van der Waals surface area contributed by atoms with Crippen LogP contribution in [-0.2, 0) is 97.7 Å². The van der Waals surface area contributed by atoms with Crippen LogP contribution in [-0.4, -0.2) is 189 Å². The molecule has 714 valence electrons. The van der Waals surface area contributed by atoms with E-state index in [0.717, 1.165) is 32.4 Å². The third-order valence-electron chi connectivity index (χ3n) is 20.5. The summed E-state index contributed by atoms with van der Waals surface area (Å²) in [6, 6.07) is 13.5. The van der Waals surface area contributed by atoms with E-state index in [0.29, 0.717) is 37.7 Å². The normalized spacial score (nSPS) is 20.8. The molecule has 10 atom stereocenters. The minimum atomic E-state index is -5.76. The summed E-state index contributed by atoms with van der Waals surface area (Å²) in [6.45, 7) is 32.0. The molecule has 4 aromatic heterocycles. The van der Waals surface area contributed by atoms with Crippen LogP contribution in [0.1, 0.15) is 160 Å². The molecule has 40 nitrogen and oxygen atoms in total. The van der Waals surface area contributed by atoms with Crippen LogP contribution in [0.5, 0.6) is 0 Å². The number of benzene rings is 2. The zero-order valence-electron chi connectivity index (χ0n) is 73.4. The van der Waals surface area contributed by atoms with Crippen molar-refractivity contribution in [2.75, 3.05) is 87.5 Å². The first-order valence-corrected chi connectivity index (χ1v) is 54.3. The second-order valence-electron chi connectivity index (χ2n) is 32.4. The first kappa shape index (κ1) is 107. The minimum absolute atomic E-state index is 0.0105. The number of carbonyl (C=O) groups is 1. The van der Waals surface area contributed by atoms with Gasteiger partial charge in [-0.05, 0) is 105 Å². The predicted octanol–water partition coefficient (Wildman–Crippen LogP) is 13.4. The molecule has 8 heterocycles. The largest absolute Gasteiger partial charge is 0.490 e. The molecule has 4 aliphatic rings. The standard InChI is InChI=1S/C58H77N6O15P3S2.C22H34N5O14P3S2/c1-11-31-75-47-35-51(77-48(47)37-76-81(70,71)79-82(72,73)78-80(67,68)69)64-36-41(52-53(64)60-55(59)61-54(52)66)20-19-32-74-38-83-84-56(5,6)29-28-42(65)21-15-14-18-30-63-46-27-25-40(4)34-44(46)58(9,10)50(63)23-17-13-16-22-49-57(7,8)43-33-39(3)24-26-45(43)62(49)12-2;1-4-7-37-15-9-17(39-16(15)11-38-43(32,33)41-44(34,35)40-42(29,30)31)27-10-14(18-19(27)25-21(24)26-20(18)28)6-5-8-36-13-45-46-22(2,3)12-23/h11,13,16-17,22-27,33-34,36,47-48,51H,1,12,14-15,18,21,28-32,35,37-38H2,2-10H3,(H6-,59,60,61,66,67,68,69,70,71,72,73);4,10,15-17H,1,7-9,11-13,23H2,2-3H3,(H,32,33)(H,34,35)(H2,29,30,31)(H3,24,25,26,28)/p+1/t47?,48-,51-;15?,16-,17-/m11/s1. The lowest BCUT2D eigenvalue weighted by molar-refractivity contribution is -0.438. The fourth-order valence-corrected chi connectivity index (χ4v) is 24.9. The van der Waals surface area contributed by atoms with Crippen LogP contribution < -0.4 is 33.2 Å². The number of nitrogens with one attached hydrogen (secondary N) is 2. The van der Waals surface area contributed by atoms with Crippen molar-refractivity contribution in [3.05, 3.63) is 164 Å². The van der Waals surface area contributed by atoms with Gasteiger partial charge >= 0.3 is 46.9 Å². The Morgan fingerprint density at radius 1 is 0.654 bits per heavy atom. The van der Waals surface area contributed by atoms with E-state index in [1.165, 1.54) is 100 Å². The zero-order valence-corrected chi connectivity index (χ0v) is 82.0. The maximum Gasteiger partial charge on any atom is 0.490 e. The molecule has 0 aliphatic carbocycles. The lowest BCUT2D eigenvalue weighted by Crippen LogP contribution is -2.29. The van der Waals surface area contributed by atoms with Crippen LogP contribution in [0.3, 0.4) is 0 Å². The van der Waals surface area contributed by atoms with Gasteiger partial charge in [-0.2, -0.15) is 31.8 Å². The number of aryl methyl sites for hydroxylation is 2. The summed E-state index contributed by atoms with van der Waals surface area (Å²) in [5.41, 5.74) is 27.1. The number of H-pyrrole nitrogens is 2. The number of fused-ring (bicyclic) bond motifs is 4. The van der Waals surface area contributed by atoms with Gasteiger partial charge in [0.1, 0.15) is 62.1 Å². The lowest BCUT2D eigenvalue weighted by Gasteiger charge is -2.25. The Morgan fingerprint density at radius 3 is 1.62 bits per heavy atom. The topological polar surface area (TPSA) is 578 Å². The van der Waals surface area contributed by atoms with E-state index in [1.807, 2.05) is 13.8 Å². The van der Waals surface area contributed by atoms with E-state index in [9.17, 15) is 61.3 Å². The van der Waals surface area contributed by atoms with E-state index < -0.39 is 108 Å². The Labute approximate surface area is 767 Å². The summed E-state index contributed by atoms with van der Waals surface area (Å²) in [6.07, 6.45) is 15.7. The maximum absolute atomic E-state index is 13.2. The molecule has 0 amide bonds. The van der Waals surface area contributed by atoms with Gasteiger partial charge in [-0.15, -0.1) is 13.2 Å².